The average Bonchev–Trinajstić information content (AvgIpc) is 2.56. The summed E-state index contributed by atoms with van der Waals surface area (Å²) in [5.41, 5.74) is 2.47. The lowest BCUT2D eigenvalue weighted by atomic mass is 9.98. The van der Waals surface area contributed by atoms with Crippen molar-refractivity contribution >= 4 is 0 Å². The first kappa shape index (κ1) is 14.2. The fourth-order valence-corrected chi connectivity index (χ4v) is 2.33. The van der Waals surface area contributed by atoms with E-state index in [2.05, 4.69) is 44.2 Å². The Morgan fingerprint density at radius 2 is 2.12 bits per heavy atom. The molecule has 0 aromatic carbocycles. The van der Waals surface area contributed by atoms with Gasteiger partial charge in [0.2, 0.25) is 0 Å². The summed E-state index contributed by atoms with van der Waals surface area (Å²) >= 11 is 0. The van der Waals surface area contributed by atoms with E-state index in [1.165, 1.54) is 18.5 Å². The van der Waals surface area contributed by atoms with Gasteiger partial charge in [0.25, 0.3) is 0 Å². The molecule has 0 bridgehead atoms. The summed E-state index contributed by atoms with van der Waals surface area (Å²) < 4.78 is 2.01. The Morgan fingerprint density at radius 1 is 1.41 bits per heavy atom. The van der Waals surface area contributed by atoms with Crippen LogP contribution in [0.4, 0.5) is 0 Å². The van der Waals surface area contributed by atoms with Crippen molar-refractivity contribution in [3.63, 3.8) is 0 Å². The van der Waals surface area contributed by atoms with Crippen molar-refractivity contribution in [2.24, 2.45) is 13.0 Å². The van der Waals surface area contributed by atoms with Gasteiger partial charge in [-0.15, -0.1) is 0 Å². The highest BCUT2D eigenvalue weighted by atomic mass is 15.3. The molecule has 3 nitrogen and oxygen atoms in total. The van der Waals surface area contributed by atoms with Crippen LogP contribution in [0.1, 0.15) is 45.0 Å². The normalized spacial score (nSPS) is 13.3. The molecule has 0 spiro atoms. The molecule has 3 heteroatoms. The summed E-state index contributed by atoms with van der Waals surface area (Å²) in [5.74, 6) is 0.711. The molecule has 1 rings (SSSR count). The van der Waals surface area contributed by atoms with Crippen molar-refractivity contribution in [2.75, 3.05) is 6.54 Å². The lowest BCUT2D eigenvalue weighted by Crippen LogP contribution is -2.33. The summed E-state index contributed by atoms with van der Waals surface area (Å²) in [6.07, 6.45) is 3.61. The molecule has 0 aliphatic carbocycles. The van der Waals surface area contributed by atoms with Crippen LogP contribution in [0, 0.1) is 12.8 Å². The van der Waals surface area contributed by atoms with Crippen LogP contribution in [-0.2, 0) is 13.5 Å². The maximum absolute atomic E-state index is 4.38. The SMILES string of the molecule is CCNC(CCCc1cc(C)nn1C)C(C)C. The van der Waals surface area contributed by atoms with E-state index in [4.69, 9.17) is 0 Å². The van der Waals surface area contributed by atoms with Gasteiger partial charge >= 0.3 is 0 Å². The molecule has 0 fully saturated rings. The third-order valence-corrected chi connectivity index (χ3v) is 3.32. The number of aromatic nitrogens is 2. The molecule has 17 heavy (non-hydrogen) atoms. The minimum Gasteiger partial charge on any atom is -0.314 e. The van der Waals surface area contributed by atoms with Gasteiger partial charge in [-0.1, -0.05) is 20.8 Å². The Morgan fingerprint density at radius 3 is 2.59 bits per heavy atom. The molecule has 0 aliphatic rings. The molecule has 0 amide bonds. The highest BCUT2D eigenvalue weighted by molar-refractivity contribution is 5.08. The fraction of sp³-hybridized carbons (Fsp3) is 0.786. The zero-order chi connectivity index (χ0) is 12.8. The van der Waals surface area contributed by atoms with E-state index in [1.54, 1.807) is 0 Å². The maximum atomic E-state index is 4.38. The molecule has 1 N–H and O–H groups in total. The lowest BCUT2D eigenvalue weighted by molar-refractivity contribution is 0.376. The number of rotatable bonds is 7. The second-order valence-corrected chi connectivity index (χ2v) is 5.20. The molecule has 1 heterocycles. The second-order valence-electron chi connectivity index (χ2n) is 5.20. The van der Waals surface area contributed by atoms with Crippen LogP contribution in [0.25, 0.3) is 0 Å². The van der Waals surface area contributed by atoms with Crippen LogP contribution in [0.5, 0.6) is 0 Å². The highest BCUT2D eigenvalue weighted by Gasteiger charge is 2.11. The van der Waals surface area contributed by atoms with Crippen molar-refractivity contribution in [2.45, 2.75) is 53.0 Å². The molecule has 0 aliphatic heterocycles. The third kappa shape index (κ3) is 4.50. The Kier molecular flexibility index (Phi) is 5.69. The smallest absolute Gasteiger partial charge is 0.0596 e. The molecule has 1 aromatic rings. The summed E-state index contributed by atoms with van der Waals surface area (Å²) in [6.45, 7) is 9.88. The molecule has 1 aromatic heterocycles. The lowest BCUT2D eigenvalue weighted by Gasteiger charge is -2.21. The van der Waals surface area contributed by atoms with Crippen LogP contribution in [0.3, 0.4) is 0 Å². The first-order valence-corrected chi connectivity index (χ1v) is 6.77. The van der Waals surface area contributed by atoms with Gasteiger partial charge in [-0.3, -0.25) is 4.68 Å². The Balaban J connectivity index is 2.38. The van der Waals surface area contributed by atoms with Crippen LogP contribution >= 0.6 is 0 Å². The molecule has 0 saturated heterocycles. The van der Waals surface area contributed by atoms with Crippen LogP contribution < -0.4 is 5.32 Å². The van der Waals surface area contributed by atoms with Crippen LogP contribution in [0.15, 0.2) is 6.07 Å². The van der Waals surface area contributed by atoms with Gasteiger partial charge in [-0.25, -0.2) is 0 Å². The molecule has 1 unspecified atom stereocenters. The number of nitrogens with one attached hydrogen (secondary N) is 1. The summed E-state index contributed by atoms with van der Waals surface area (Å²) in [4.78, 5) is 0. The van der Waals surface area contributed by atoms with E-state index in [1.807, 2.05) is 11.7 Å². The van der Waals surface area contributed by atoms with E-state index in [9.17, 15) is 0 Å². The number of aryl methyl sites for hydroxylation is 3. The number of nitrogens with zero attached hydrogens (tertiary/aromatic N) is 2. The first-order chi connectivity index (χ1) is 8.04. The van der Waals surface area contributed by atoms with E-state index >= 15 is 0 Å². The Labute approximate surface area is 106 Å². The van der Waals surface area contributed by atoms with Crippen molar-refractivity contribution in [1.29, 1.82) is 0 Å². The standard InChI is InChI=1S/C14H27N3/c1-6-15-14(11(2)3)9-7-8-13-10-12(4)16-17(13)5/h10-11,14-15H,6-9H2,1-5H3. The van der Waals surface area contributed by atoms with Gasteiger partial charge in [-0.05, 0) is 44.7 Å². The van der Waals surface area contributed by atoms with Gasteiger partial charge in [0.1, 0.15) is 0 Å². The van der Waals surface area contributed by atoms with E-state index < -0.39 is 0 Å². The van der Waals surface area contributed by atoms with Crippen molar-refractivity contribution in [1.82, 2.24) is 15.1 Å². The largest absolute Gasteiger partial charge is 0.314 e. The number of hydrogen-bond acceptors (Lipinski definition) is 2. The first-order valence-electron chi connectivity index (χ1n) is 6.77. The maximum Gasteiger partial charge on any atom is 0.0596 e. The van der Waals surface area contributed by atoms with Gasteiger partial charge in [0.15, 0.2) is 0 Å². The highest BCUT2D eigenvalue weighted by Crippen LogP contribution is 2.12. The molecular weight excluding hydrogens is 210 g/mol. The van der Waals surface area contributed by atoms with E-state index in [0.717, 1.165) is 18.7 Å². The van der Waals surface area contributed by atoms with Crippen molar-refractivity contribution in [3.05, 3.63) is 17.5 Å². The predicted octanol–water partition coefficient (Wildman–Crippen LogP) is 2.69. The van der Waals surface area contributed by atoms with Crippen LogP contribution in [-0.4, -0.2) is 22.4 Å². The molecule has 1 atom stereocenters. The molecule has 0 saturated carbocycles. The number of hydrogen-bond donors (Lipinski definition) is 1. The van der Waals surface area contributed by atoms with E-state index in [-0.39, 0.29) is 0 Å². The quantitative estimate of drug-likeness (QED) is 0.790. The second kappa shape index (κ2) is 6.80. The molecular formula is C14H27N3. The Bertz CT molecular complexity index is 328. The fourth-order valence-electron chi connectivity index (χ4n) is 2.33. The van der Waals surface area contributed by atoms with Crippen molar-refractivity contribution < 1.29 is 0 Å². The minimum absolute atomic E-state index is 0.648. The predicted molar refractivity (Wildman–Crippen MR) is 73.2 cm³/mol. The topological polar surface area (TPSA) is 29.9 Å². The monoisotopic (exact) mass is 237 g/mol. The van der Waals surface area contributed by atoms with Gasteiger partial charge in [0.05, 0.1) is 5.69 Å². The van der Waals surface area contributed by atoms with Crippen LogP contribution in [0.2, 0.25) is 0 Å². The Hall–Kier alpha value is -0.830. The molecule has 98 valence electrons. The zero-order valence-electron chi connectivity index (χ0n) is 12.0. The van der Waals surface area contributed by atoms with Gasteiger partial charge in [-0.2, -0.15) is 5.10 Å². The third-order valence-electron chi connectivity index (χ3n) is 3.32. The molecule has 0 radical (unpaired) electrons. The van der Waals surface area contributed by atoms with E-state index in [0.29, 0.717) is 12.0 Å². The van der Waals surface area contributed by atoms with Crippen molar-refractivity contribution in [3.8, 4) is 0 Å². The van der Waals surface area contributed by atoms with Gasteiger partial charge in [0, 0.05) is 18.8 Å². The average molecular weight is 237 g/mol. The minimum atomic E-state index is 0.648. The zero-order valence-corrected chi connectivity index (χ0v) is 12.0. The van der Waals surface area contributed by atoms with Gasteiger partial charge < -0.3 is 5.32 Å². The summed E-state index contributed by atoms with van der Waals surface area (Å²) in [5, 5.41) is 7.95. The summed E-state index contributed by atoms with van der Waals surface area (Å²) in [7, 11) is 2.03. The summed E-state index contributed by atoms with van der Waals surface area (Å²) in [6, 6.07) is 2.84.